The molecule has 3 aliphatic heterocycles. The molecule has 3 rings (SSSR count). The molecule has 5 heteroatoms. The SMILES string of the molecule is CC(C)C(=O)N1CC2CC(C1)N2C(=O)C=CCN(C)C. The third kappa shape index (κ3) is 3.03. The van der Waals surface area contributed by atoms with Gasteiger partial charge in [-0.15, -0.1) is 0 Å². The molecule has 0 aromatic carbocycles. The van der Waals surface area contributed by atoms with E-state index in [2.05, 4.69) is 0 Å². The molecule has 0 radical (unpaired) electrons. The zero-order valence-electron chi connectivity index (χ0n) is 12.9. The molecule has 2 bridgehead atoms. The number of likely N-dealkylation sites (N-methyl/N-ethyl adjacent to an activating group) is 1. The maximum absolute atomic E-state index is 12.1. The lowest BCUT2D eigenvalue weighted by Gasteiger charge is -2.56. The molecule has 112 valence electrons. The minimum atomic E-state index is 0.0386. The van der Waals surface area contributed by atoms with E-state index >= 15 is 0 Å². The van der Waals surface area contributed by atoms with Crippen molar-refractivity contribution < 1.29 is 9.59 Å². The molecular weight excluding hydrogens is 254 g/mol. The van der Waals surface area contributed by atoms with Crippen molar-refractivity contribution in [3.05, 3.63) is 12.2 Å². The van der Waals surface area contributed by atoms with Gasteiger partial charge in [-0.2, -0.15) is 0 Å². The molecule has 2 unspecified atom stereocenters. The normalized spacial score (nSPS) is 25.5. The van der Waals surface area contributed by atoms with E-state index in [9.17, 15) is 9.59 Å². The van der Waals surface area contributed by atoms with E-state index in [1.165, 1.54) is 0 Å². The summed E-state index contributed by atoms with van der Waals surface area (Å²) >= 11 is 0. The summed E-state index contributed by atoms with van der Waals surface area (Å²) < 4.78 is 0. The van der Waals surface area contributed by atoms with Gasteiger partial charge in [0.05, 0.1) is 12.1 Å². The van der Waals surface area contributed by atoms with Crippen LogP contribution in [0.1, 0.15) is 20.3 Å². The number of piperazine rings is 1. The van der Waals surface area contributed by atoms with Crippen molar-refractivity contribution in [1.29, 1.82) is 0 Å². The summed E-state index contributed by atoms with van der Waals surface area (Å²) in [5.41, 5.74) is 0. The third-order valence-electron chi connectivity index (χ3n) is 3.98. The van der Waals surface area contributed by atoms with Gasteiger partial charge in [0.25, 0.3) is 0 Å². The first-order valence-electron chi connectivity index (χ1n) is 7.32. The van der Waals surface area contributed by atoms with Crippen molar-refractivity contribution >= 4 is 11.8 Å². The molecular formula is C15H25N3O2. The summed E-state index contributed by atoms with van der Waals surface area (Å²) in [4.78, 5) is 30.0. The van der Waals surface area contributed by atoms with Gasteiger partial charge in [-0.25, -0.2) is 0 Å². The number of amides is 2. The first-order chi connectivity index (χ1) is 9.40. The molecule has 0 saturated carbocycles. The molecule has 3 heterocycles. The highest BCUT2D eigenvalue weighted by atomic mass is 16.2. The average molecular weight is 279 g/mol. The molecule has 5 nitrogen and oxygen atoms in total. The molecule has 2 atom stereocenters. The van der Waals surface area contributed by atoms with Gasteiger partial charge in [0.1, 0.15) is 0 Å². The van der Waals surface area contributed by atoms with Gasteiger partial charge in [0.15, 0.2) is 0 Å². The lowest BCUT2D eigenvalue weighted by Crippen LogP contribution is -2.70. The topological polar surface area (TPSA) is 43.9 Å². The van der Waals surface area contributed by atoms with Crippen LogP contribution >= 0.6 is 0 Å². The largest absolute Gasteiger partial charge is 0.338 e. The Morgan fingerprint density at radius 1 is 1.25 bits per heavy atom. The Kier molecular flexibility index (Phi) is 4.48. The molecule has 0 aromatic rings. The molecule has 3 fully saturated rings. The number of rotatable bonds is 4. The second-order valence-corrected chi connectivity index (χ2v) is 6.35. The smallest absolute Gasteiger partial charge is 0.246 e. The second-order valence-electron chi connectivity index (χ2n) is 6.35. The summed E-state index contributed by atoms with van der Waals surface area (Å²) in [5.74, 6) is 0.330. The predicted molar refractivity (Wildman–Crippen MR) is 78.2 cm³/mol. The Bertz CT molecular complexity index is 405. The highest BCUT2D eigenvalue weighted by molar-refractivity contribution is 5.89. The maximum Gasteiger partial charge on any atom is 0.246 e. The summed E-state index contributed by atoms with van der Waals surface area (Å²) in [6, 6.07) is 0.431. The van der Waals surface area contributed by atoms with E-state index < -0.39 is 0 Å². The van der Waals surface area contributed by atoms with Crippen molar-refractivity contribution in [3.63, 3.8) is 0 Å². The van der Waals surface area contributed by atoms with Crippen molar-refractivity contribution in [1.82, 2.24) is 14.7 Å². The van der Waals surface area contributed by atoms with Crippen molar-refractivity contribution in [2.24, 2.45) is 5.92 Å². The summed E-state index contributed by atoms with van der Waals surface area (Å²) in [6.45, 7) is 6.01. The van der Waals surface area contributed by atoms with E-state index in [1.54, 1.807) is 6.08 Å². The molecule has 0 N–H and O–H groups in total. The molecule has 0 spiro atoms. The van der Waals surface area contributed by atoms with Crippen LogP contribution in [0.4, 0.5) is 0 Å². The fourth-order valence-electron chi connectivity index (χ4n) is 2.97. The first-order valence-corrected chi connectivity index (χ1v) is 7.32. The fourth-order valence-corrected chi connectivity index (χ4v) is 2.97. The van der Waals surface area contributed by atoms with Crippen LogP contribution in [-0.4, -0.2) is 72.3 Å². The number of hydrogen-bond donors (Lipinski definition) is 0. The van der Waals surface area contributed by atoms with Crippen LogP contribution in [0.5, 0.6) is 0 Å². The molecule has 3 aliphatic rings. The van der Waals surface area contributed by atoms with Gasteiger partial charge in [0.2, 0.25) is 11.8 Å². The first kappa shape index (κ1) is 15.0. The zero-order valence-corrected chi connectivity index (χ0v) is 12.9. The molecule has 3 saturated heterocycles. The Morgan fingerprint density at radius 2 is 1.85 bits per heavy atom. The van der Waals surface area contributed by atoms with Crippen molar-refractivity contribution in [2.75, 3.05) is 33.7 Å². The summed E-state index contributed by atoms with van der Waals surface area (Å²) in [7, 11) is 3.95. The average Bonchev–Trinajstić information content (AvgIpc) is 2.37. The number of carbonyl (C=O) groups is 2. The molecule has 2 amide bonds. The molecule has 0 aromatic heterocycles. The van der Waals surface area contributed by atoms with Gasteiger partial charge >= 0.3 is 0 Å². The third-order valence-corrected chi connectivity index (χ3v) is 3.98. The summed E-state index contributed by atoms with van der Waals surface area (Å²) in [6.07, 6.45) is 4.60. The quantitative estimate of drug-likeness (QED) is 0.707. The van der Waals surface area contributed by atoms with E-state index in [0.29, 0.717) is 13.1 Å². The minimum absolute atomic E-state index is 0.0386. The number of fused-ring (bicyclic) bond motifs is 2. The lowest BCUT2D eigenvalue weighted by atomic mass is 9.86. The molecule has 0 aliphatic carbocycles. The van der Waals surface area contributed by atoms with E-state index in [-0.39, 0.29) is 29.8 Å². The van der Waals surface area contributed by atoms with Crippen LogP contribution in [-0.2, 0) is 9.59 Å². The van der Waals surface area contributed by atoms with Crippen LogP contribution in [0.15, 0.2) is 12.2 Å². The van der Waals surface area contributed by atoms with Crippen molar-refractivity contribution in [2.45, 2.75) is 32.4 Å². The van der Waals surface area contributed by atoms with Crippen LogP contribution in [0, 0.1) is 5.92 Å². The Balaban J connectivity index is 1.88. The number of piperidine rings is 1. The zero-order chi connectivity index (χ0) is 14.9. The molecule has 20 heavy (non-hydrogen) atoms. The number of hydrogen-bond acceptors (Lipinski definition) is 3. The Morgan fingerprint density at radius 3 is 2.35 bits per heavy atom. The maximum atomic E-state index is 12.1. The van der Waals surface area contributed by atoms with E-state index in [1.807, 2.05) is 48.7 Å². The van der Waals surface area contributed by atoms with Crippen molar-refractivity contribution in [3.8, 4) is 0 Å². The van der Waals surface area contributed by atoms with Crippen LogP contribution in [0.3, 0.4) is 0 Å². The lowest BCUT2D eigenvalue weighted by molar-refractivity contribution is -0.158. The van der Waals surface area contributed by atoms with Crippen LogP contribution in [0.25, 0.3) is 0 Å². The standard InChI is InChI=1S/C15H25N3O2/c1-11(2)15(20)17-9-12-8-13(10-17)18(12)14(19)6-5-7-16(3)4/h5-6,11-13H,7-10H2,1-4H3. The monoisotopic (exact) mass is 279 g/mol. The predicted octanol–water partition coefficient (Wildman–Crippen LogP) is 0.572. The van der Waals surface area contributed by atoms with E-state index in [0.717, 1.165) is 13.0 Å². The van der Waals surface area contributed by atoms with Gasteiger partial charge in [0, 0.05) is 31.6 Å². The summed E-state index contributed by atoms with van der Waals surface area (Å²) in [5, 5.41) is 0. The van der Waals surface area contributed by atoms with Crippen LogP contribution < -0.4 is 0 Å². The second kappa shape index (κ2) is 5.95. The van der Waals surface area contributed by atoms with Gasteiger partial charge in [-0.3, -0.25) is 9.59 Å². The van der Waals surface area contributed by atoms with Crippen LogP contribution in [0.2, 0.25) is 0 Å². The van der Waals surface area contributed by atoms with Gasteiger partial charge in [-0.1, -0.05) is 19.9 Å². The highest BCUT2D eigenvalue weighted by Crippen LogP contribution is 2.33. The highest BCUT2D eigenvalue weighted by Gasteiger charge is 2.47. The fraction of sp³-hybridized carbons (Fsp3) is 0.733. The Labute approximate surface area is 121 Å². The van der Waals surface area contributed by atoms with E-state index in [4.69, 9.17) is 0 Å². The van der Waals surface area contributed by atoms with Gasteiger partial charge in [-0.05, 0) is 20.5 Å². The number of carbonyl (C=O) groups excluding carboxylic acids is 2. The minimum Gasteiger partial charge on any atom is -0.338 e. The Hall–Kier alpha value is -1.36. The number of nitrogens with zero attached hydrogens (tertiary/aromatic N) is 3. The van der Waals surface area contributed by atoms with Gasteiger partial charge < -0.3 is 14.7 Å².